The number of hydrogen-bond donors (Lipinski definition) is 3. The molecule has 0 saturated heterocycles. The molecule has 0 heterocycles. The highest BCUT2D eigenvalue weighted by Gasteiger charge is 2.09. The largest absolute Gasteiger partial charge is 0.478 e. The van der Waals surface area contributed by atoms with Gasteiger partial charge < -0.3 is 10.5 Å². The van der Waals surface area contributed by atoms with Gasteiger partial charge in [0.15, 0.2) is 0 Å². The SMILES string of the molecule is CS(=O)(=O)NNc1ccccc1C(=O)O. The summed E-state index contributed by atoms with van der Waals surface area (Å²) in [4.78, 5) is 12.7. The van der Waals surface area contributed by atoms with E-state index < -0.39 is 16.0 Å². The Morgan fingerprint density at radius 3 is 2.47 bits per heavy atom. The lowest BCUT2D eigenvalue weighted by molar-refractivity contribution is 0.0698. The van der Waals surface area contributed by atoms with Crippen LogP contribution in [0.4, 0.5) is 5.69 Å². The van der Waals surface area contributed by atoms with E-state index in [0.29, 0.717) is 0 Å². The number of hydrazine groups is 1. The highest BCUT2D eigenvalue weighted by molar-refractivity contribution is 7.88. The van der Waals surface area contributed by atoms with Crippen molar-refractivity contribution in [1.82, 2.24) is 4.83 Å². The molecule has 15 heavy (non-hydrogen) atoms. The fourth-order valence-electron chi connectivity index (χ4n) is 0.926. The monoisotopic (exact) mass is 230 g/mol. The molecular formula is C8H10N2O4S. The third-order valence-corrected chi connectivity index (χ3v) is 2.00. The summed E-state index contributed by atoms with van der Waals surface area (Å²) in [6.45, 7) is 0. The fourth-order valence-corrected chi connectivity index (χ4v) is 1.22. The van der Waals surface area contributed by atoms with E-state index in [4.69, 9.17) is 5.11 Å². The third-order valence-electron chi connectivity index (χ3n) is 1.53. The van der Waals surface area contributed by atoms with E-state index in [2.05, 4.69) is 5.43 Å². The number of aromatic carboxylic acids is 1. The molecule has 0 aliphatic carbocycles. The molecule has 0 saturated carbocycles. The lowest BCUT2D eigenvalue weighted by Crippen LogP contribution is -2.29. The first-order chi connectivity index (χ1) is 6.90. The molecule has 0 aliphatic rings. The van der Waals surface area contributed by atoms with Crippen molar-refractivity contribution < 1.29 is 18.3 Å². The van der Waals surface area contributed by atoms with E-state index in [1.807, 2.05) is 4.83 Å². The zero-order valence-electron chi connectivity index (χ0n) is 7.89. The fraction of sp³-hybridized carbons (Fsp3) is 0.125. The van der Waals surface area contributed by atoms with Gasteiger partial charge in [0.2, 0.25) is 10.0 Å². The number of para-hydroxylation sites is 1. The molecule has 1 aromatic rings. The Balaban J connectivity index is 2.90. The van der Waals surface area contributed by atoms with Crippen molar-refractivity contribution >= 4 is 21.7 Å². The summed E-state index contributed by atoms with van der Waals surface area (Å²) < 4.78 is 21.5. The average molecular weight is 230 g/mol. The van der Waals surface area contributed by atoms with Crippen molar-refractivity contribution in [3.8, 4) is 0 Å². The van der Waals surface area contributed by atoms with Gasteiger partial charge in [-0.25, -0.2) is 13.2 Å². The lowest BCUT2D eigenvalue weighted by Gasteiger charge is -2.08. The Bertz CT molecular complexity index is 469. The van der Waals surface area contributed by atoms with Gasteiger partial charge in [-0.05, 0) is 12.1 Å². The van der Waals surface area contributed by atoms with E-state index >= 15 is 0 Å². The van der Waals surface area contributed by atoms with Gasteiger partial charge >= 0.3 is 5.97 Å². The summed E-state index contributed by atoms with van der Waals surface area (Å²) >= 11 is 0. The Morgan fingerprint density at radius 2 is 1.93 bits per heavy atom. The van der Waals surface area contributed by atoms with E-state index in [1.54, 1.807) is 12.1 Å². The predicted molar refractivity (Wildman–Crippen MR) is 55.0 cm³/mol. The van der Waals surface area contributed by atoms with Crippen LogP contribution in [0, 0.1) is 0 Å². The minimum atomic E-state index is -3.42. The number of carboxylic acids is 1. The highest BCUT2D eigenvalue weighted by atomic mass is 32.2. The van der Waals surface area contributed by atoms with Crippen LogP contribution in [-0.2, 0) is 10.0 Å². The van der Waals surface area contributed by atoms with Gasteiger partial charge in [0.25, 0.3) is 0 Å². The molecule has 0 bridgehead atoms. The number of carbonyl (C=O) groups is 1. The van der Waals surface area contributed by atoms with Crippen LogP contribution in [-0.4, -0.2) is 25.7 Å². The van der Waals surface area contributed by atoms with E-state index in [1.165, 1.54) is 12.1 Å². The van der Waals surface area contributed by atoms with Crippen LogP contribution in [0.25, 0.3) is 0 Å². The van der Waals surface area contributed by atoms with E-state index in [0.717, 1.165) is 6.26 Å². The number of benzene rings is 1. The molecule has 7 heteroatoms. The van der Waals surface area contributed by atoms with Gasteiger partial charge in [-0.15, -0.1) is 4.83 Å². The number of hydrogen-bond acceptors (Lipinski definition) is 4. The van der Waals surface area contributed by atoms with Crippen LogP contribution in [0.1, 0.15) is 10.4 Å². The molecule has 0 spiro atoms. The second kappa shape index (κ2) is 4.28. The van der Waals surface area contributed by atoms with Crippen LogP contribution in [0.2, 0.25) is 0 Å². The summed E-state index contributed by atoms with van der Waals surface area (Å²) in [6, 6.07) is 5.98. The summed E-state index contributed by atoms with van der Waals surface area (Å²) in [5.74, 6) is -1.13. The standard InChI is InChI=1S/C8H10N2O4S/c1-15(13,14)10-9-7-5-3-2-4-6(7)8(11)12/h2-5,9-10H,1H3,(H,11,12). The quantitative estimate of drug-likeness (QED) is 0.645. The summed E-state index contributed by atoms with van der Waals surface area (Å²) in [5.41, 5.74) is 2.50. The number of carboxylic acid groups (broad SMARTS) is 1. The van der Waals surface area contributed by atoms with Crippen LogP contribution in [0.15, 0.2) is 24.3 Å². The van der Waals surface area contributed by atoms with Crippen molar-refractivity contribution in [2.75, 3.05) is 11.7 Å². The normalized spacial score (nSPS) is 11.0. The molecule has 0 fully saturated rings. The smallest absolute Gasteiger partial charge is 0.337 e. The summed E-state index contributed by atoms with van der Waals surface area (Å²) in [5, 5.41) is 8.78. The average Bonchev–Trinajstić information content (AvgIpc) is 2.14. The molecular weight excluding hydrogens is 220 g/mol. The highest BCUT2D eigenvalue weighted by Crippen LogP contribution is 2.13. The van der Waals surface area contributed by atoms with Gasteiger partial charge in [-0.2, -0.15) is 0 Å². The van der Waals surface area contributed by atoms with Gasteiger partial charge in [0, 0.05) is 0 Å². The van der Waals surface area contributed by atoms with E-state index in [-0.39, 0.29) is 11.3 Å². The van der Waals surface area contributed by atoms with E-state index in [9.17, 15) is 13.2 Å². The zero-order valence-corrected chi connectivity index (χ0v) is 8.71. The molecule has 1 aromatic carbocycles. The number of anilines is 1. The first-order valence-electron chi connectivity index (χ1n) is 3.95. The van der Waals surface area contributed by atoms with Gasteiger partial charge in [0.05, 0.1) is 17.5 Å². The molecule has 0 unspecified atom stereocenters. The minimum absolute atomic E-state index is 0.00588. The molecule has 0 aromatic heterocycles. The maximum absolute atomic E-state index is 10.8. The maximum Gasteiger partial charge on any atom is 0.337 e. The Morgan fingerprint density at radius 1 is 1.33 bits per heavy atom. The van der Waals surface area contributed by atoms with Crippen LogP contribution in [0.5, 0.6) is 0 Å². The molecule has 1 rings (SSSR count). The van der Waals surface area contributed by atoms with Crippen molar-refractivity contribution in [2.24, 2.45) is 0 Å². The second-order valence-electron chi connectivity index (χ2n) is 2.85. The third kappa shape index (κ3) is 3.56. The first kappa shape index (κ1) is 11.5. The van der Waals surface area contributed by atoms with Crippen molar-refractivity contribution in [3.05, 3.63) is 29.8 Å². The number of sulfonamides is 1. The summed E-state index contributed by atoms with van der Waals surface area (Å²) in [7, 11) is -3.42. The van der Waals surface area contributed by atoms with Crippen molar-refractivity contribution in [2.45, 2.75) is 0 Å². The molecule has 82 valence electrons. The van der Waals surface area contributed by atoms with Gasteiger partial charge in [0.1, 0.15) is 0 Å². The maximum atomic E-state index is 10.8. The molecule has 0 atom stereocenters. The Kier molecular flexibility index (Phi) is 3.28. The Labute approximate surface area is 86.9 Å². The van der Waals surface area contributed by atoms with Crippen molar-refractivity contribution in [1.29, 1.82) is 0 Å². The van der Waals surface area contributed by atoms with Crippen molar-refractivity contribution in [3.63, 3.8) is 0 Å². The van der Waals surface area contributed by atoms with Gasteiger partial charge in [-0.1, -0.05) is 12.1 Å². The molecule has 0 radical (unpaired) electrons. The minimum Gasteiger partial charge on any atom is -0.478 e. The predicted octanol–water partition coefficient (Wildman–Crippen LogP) is 0.261. The summed E-state index contributed by atoms with van der Waals surface area (Å²) in [6.07, 6.45) is 0.962. The first-order valence-corrected chi connectivity index (χ1v) is 5.84. The van der Waals surface area contributed by atoms with Crippen LogP contribution < -0.4 is 10.3 Å². The number of rotatable bonds is 4. The van der Waals surface area contributed by atoms with Crippen LogP contribution >= 0.6 is 0 Å². The van der Waals surface area contributed by atoms with Gasteiger partial charge in [-0.3, -0.25) is 0 Å². The molecule has 0 amide bonds. The topological polar surface area (TPSA) is 95.5 Å². The molecule has 6 nitrogen and oxygen atoms in total. The second-order valence-corrected chi connectivity index (χ2v) is 4.60. The molecule has 3 N–H and O–H groups in total. The van der Waals surface area contributed by atoms with Crippen LogP contribution in [0.3, 0.4) is 0 Å². The zero-order chi connectivity index (χ0) is 11.5. The number of nitrogens with one attached hydrogen (secondary N) is 2. The molecule has 0 aliphatic heterocycles. The Hall–Kier alpha value is -1.60. The lowest BCUT2D eigenvalue weighted by atomic mass is 10.2.